The lowest BCUT2D eigenvalue weighted by atomic mass is 10.3. The van der Waals surface area contributed by atoms with Gasteiger partial charge in [-0.2, -0.15) is 17.0 Å². The highest BCUT2D eigenvalue weighted by Gasteiger charge is 2.29. The molecule has 6 heteroatoms. The molecule has 1 rings (SSSR count). The van der Waals surface area contributed by atoms with Gasteiger partial charge in [-0.3, -0.25) is 0 Å². The fourth-order valence-electron chi connectivity index (χ4n) is 1.73. The number of hydrogen-bond acceptors (Lipinski definition) is 3. The van der Waals surface area contributed by atoms with Crippen molar-refractivity contribution < 1.29 is 8.42 Å². The van der Waals surface area contributed by atoms with Crippen molar-refractivity contribution in [3.8, 4) is 0 Å². The number of hydrogen-bond donors (Lipinski definition) is 1. The Kier molecular flexibility index (Phi) is 4.51. The van der Waals surface area contributed by atoms with E-state index in [0.29, 0.717) is 19.6 Å². The van der Waals surface area contributed by atoms with Crippen LogP contribution in [0.3, 0.4) is 0 Å². The van der Waals surface area contributed by atoms with Crippen molar-refractivity contribution in [2.45, 2.75) is 26.3 Å². The lowest BCUT2D eigenvalue weighted by Crippen LogP contribution is -2.54. The van der Waals surface area contributed by atoms with Crippen LogP contribution >= 0.6 is 0 Å². The van der Waals surface area contributed by atoms with Crippen molar-refractivity contribution in [1.82, 2.24) is 13.9 Å². The largest absolute Gasteiger partial charge is 0.312 e. The second kappa shape index (κ2) is 5.25. The maximum absolute atomic E-state index is 12.0. The first kappa shape index (κ1) is 12.9. The minimum atomic E-state index is -3.23. The number of nitrogens with zero attached hydrogens (tertiary/aromatic N) is 2. The molecular formula is C9H21N3O2S. The van der Waals surface area contributed by atoms with Gasteiger partial charge < -0.3 is 5.32 Å². The Morgan fingerprint density at radius 3 is 2.73 bits per heavy atom. The molecule has 0 bridgehead atoms. The Labute approximate surface area is 92.6 Å². The highest BCUT2D eigenvalue weighted by Crippen LogP contribution is 2.09. The standard InChI is InChI=1S/C9H21N3O2S/c1-4-6-11(3)15(13,14)12-7-5-10-9(2)8-12/h9-10H,4-8H2,1-3H3/t9-/m1/s1. The van der Waals surface area contributed by atoms with Crippen LogP contribution in [0.4, 0.5) is 0 Å². The zero-order valence-electron chi connectivity index (χ0n) is 9.73. The second-order valence-corrected chi connectivity index (χ2v) is 6.08. The number of rotatable bonds is 4. The summed E-state index contributed by atoms with van der Waals surface area (Å²) in [6.07, 6.45) is 0.845. The molecule has 0 aliphatic carbocycles. The molecule has 0 unspecified atom stereocenters. The molecule has 5 nitrogen and oxygen atoms in total. The second-order valence-electron chi connectivity index (χ2n) is 4.04. The Bertz CT molecular complexity index is 292. The molecule has 1 aliphatic heterocycles. The Hall–Kier alpha value is -0.170. The molecule has 0 radical (unpaired) electrons. The van der Waals surface area contributed by atoms with Crippen LogP contribution in [-0.2, 0) is 10.2 Å². The van der Waals surface area contributed by atoms with E-state index in [4.69, 9.17) is 0 Å². The topological polar surface area (TPSA) is 52.7 Å². The van der Waals surface area contributed by atoms with Gasteiger partial charge in [0.15, 0.2) is 0 Å². The summed E-state index contributed by atoms with van der Waals surface area (Å²) in [6.45, 7) is 6.44. The maximum atomic E-state index is 12.0. The fraction of sp³-hybridized carbons (Fsp3) is 1.00. The summed E-state index contributed by atoms with van der Waals surface area (Å²) in [7, 11) is -1.59. The molecule has 0 aromatic carbocycles. The summed E-state index contributed by atoms with van der Waals surface area (Å²) in [4.78, 5) is 0. The quantitative estimate of drug-likeness (QED) is 0.738. The Morgan fingerprint density at radius 1 is 1.53 bits per heavy atom. The molecule has 0 amide bonds. The first-order chi connectivity index (χ1) is 6.98. The van der Waals surface area contributed by atoms with E-state index in [9.17, 15) is 8.42 Å². The first-order valence-electron chi connectivity index (χ1n) is 5.43. The van der Waals surface area contributed by atoms with Crippen LogP contribution in [0.25, 0.3) is 0 Å². The van der Waals surface area contributed by atoms with Crippen molar-refractivity contribution in [3.63, 3.8) is 0 Å². The van der Waals surface area contributed by atoms with E-state index in [1.807, 2.05) is 13.8 Å². The van der Waals surface area contributed by atoms with Crippen LogP contribution in [0.1, 0.15) is 20.3 Å². The summed E-state index contributed by atoms with van der Waals surface area (Å²) in [6, 6.07) is 0.239. The van der Waals surface area contributed by atoms with Gasteiger partial charge in [-0.05, 0) is 13.3 Å². The number of nitrogens with one attached hydrogen (secondary N) is 1. The Morgan fingerprint density at radius 2 is 2.20 bits per heavy atom. The maximum Gasteiger partial charge on any atom is 0.281 e. The fourth-order valence-corrected chi connectivity index (χ4v) is 3.28. The van der Waals surface area contributed by atoms with Gasteiger partial charge in [0.1, 0.15) is 0 Å². The van der Waals surface area contributed by atoms with Crippen LogP contribution in [0.15, 0.2) is 0 Å². The SMILES string of the molecule is CCCN(C)S(=O)(=O)N1CCN[C@H](C)C1. The van der Waals surface area contributed by atoms with Crippen LogP contribution < -0.4 is 5.32 Å². The average Bonchev–Trinajstić information content (AvgIpc) is 2.18. The number of piperazine rings is 1. The third kappa shape index (κ3) is 3.14. The lowest BCUT2D eigenvalue weighted by molar-refractivity contribution is 0.288. The van der Waals surface area contributed by atoms with Crippen molar-refractivity contribution >= 4 is 10.2 Å². The van der Waals surface area contributed by atoms with Crippen LogP contribution in [-0.4, -0.2) is 56.3 Å². The van der Waals surface area contributed by atoms with E-state index in [0.717, 1.165) is 13.0 Å². The molecule has 0 aromatic rings. The van der Waals surface area contributed by atoms with Gasteiger partial charge in [-0.1, -0.05) is 6.92 Å². The lowest BCUT2D eigenvalue weighted by Gasteiger charge is -2.33. The van der Waals surface area contributed by atoms with Gasteiger partial charge in [-0.15, -0.1) is 0 Å². The third-order valence-electron chi connectivity index (χ3n) is 2.59. The molecule has 0 aromatic heterocycles. The van der Waals surface area contributed by atoms with E-state index in [1.165, 1.54) is 4.31 Å². The molecule has 90 valence electrons. The molecule has 1 fully saturated rings. The van der Waals surface area contributed by atoms with Crippen molar-refractivity contribution in [2.24, 2.45) is 0 Å². The zero-order valence-corrected chi connectivity index (χ0v) is 10.5. The molecule has 15 heavy (non-hydrogen) atoms. The molecule has 1 atom stereocenters. The van der Waals surface area contributed by atoms with Crippen LogP contribution in [0.5, 0.6) is 0 Å². The summed E-state index contributed by atoms with van der Waals surface area (Å²) >= 11 is 0. The molecule has 1 saturated heterocycles. The monoisotopic (exact) mass is 235 g/mol. The van der Waals surface area contributed by atoms with E-state index >= 15 is 0 Å². The van der Waals surface area contributed by atoms with Crippen LogP contribution in [0, 0.1) is 0 Å². The molecule has 1 aliphatic rings. The van der Waals surface area contributed by atoms with Gasteiger partial charge in [0.05, 0.1) is 0 Å². The molecule has 1 heterocycles. The van der Waals surface area contributed by atoms with Gasteiger partial charge >= 0.3 is 0 Å². The van der Waals surface area contributed by atoms with Crippen molar-refractivity contribution in [2.75, 3.05) is 33.2 Å². The van der Waals surface area contributed by atoms with Crippen LogP contribution in [0.2, 0.25) is 0 Å². The highest BCUT2D eigenvalue weighted by atomic mass is 32.2. The molecule has 0 saturated carbocycles. The van der Waals surface area contributed by atoms with E-state index < -0.39 is 10.2 Å². The predicted molar refractivity (Wildman–Crippen MR) is 60.9 cm³/mol. The molecule has 0 spiro atoms. The van der Waals surface area contributed by atoms with E-state index in [2.05, 4.69) is 5.32 Å². The van der Waals surface area contributed by atoms with E-state index in [1.54, 1.807) is 11.4 Å². The Balaban J connectivity index is 2.67. The van der Waals surface area contributed by atoms with Gasteiger partial charge in [0.25, 0.3) is 10.2 Å². The molecule has 1 N–H and O–H groups in total. The minimum Gasteiger partial charge on any atom is -0.312 e. The third-order valence-corrected chi connectivity index (χ3v) is 4.54. The normalized spacial score (nSPS) is 24.7. The predicted octanol–water partition coefficient (Wildman–Crippen LogP) is -0.133. The van der Waals surface area contributed by atoms with Gasteiger partial charge in [-0.25, -0.2) is 0 Å². The van der Waals surface area contributed by atoms with Gasteiger partial charge in [0, 0.05) is 39.3 Å². The van der Waals surface area contributed by atoms with E-state index in [-0.39, 0.29) is 6.04 Å². The summed E-state index contributed by atoms with van der Waals surface area (Å²) in [5.74, 6) is 0. The van der Waals surface area contributed by atoms with Crippen molar-refractivity contribution in [3.05, 3.63) is 0 Å². The first-order valence-corrected chi connectivity index (χ1v) is 6.83. The summed E-state index contributed by atoms with van der Waals surface area (Å²) in [5, 5.41) is 3.23. The van der Waals surface area contributed by atoms with Gasteiger partial charge in [0.2, 0.25) is 0 Å². The summed E-state index contributed by atoms with van der Waals surface area (Å²) < 4.78 is 27.1. The smallest absolute Gasteiger partial charge is 0.281 e. The highest BCUT2D eigenvalue weighted by molar-refractivity contribution is 7.86. The average molecular weight is 235 g/mol. The van der Waals surface area contributed by atoms with Crippen molar-refractivity contribution in [1.29, 1.82) is 0 Å². The minimum absolute atomic E-state index is 0.239. The zero-order chi connectivity index (χ0) is 11.5. The molecular weight excluding hydrogens is 214 g/mol. The summed E-state index contributed by atoms with van der Waals surface area (Å²) in [5.41, 5.74) is 0.